The van der Waals surface area contributed by atoms with Gasteiger partial charge in [-0.3, -0.25) is 9.89 Å². The number of guanidine groups is 1. The Labute approximate surface area is 178 Å². The molecule has 7 nitrogen and oxygen atoms in total. The minimum Gasteiger partial charge on any atom is -0.379 e. The highest BCUT2D eigenvalue weighted by molar-refractivity contribution is 14.0. The third-order valence-electron chi connectivity index (χ3n) is 4.37. The molecule has 0 atom stereocenters. The minimum absolute atomic E-state index is 0. The average Bonchev–Trinajstić information content (AvgIpc) is 2.70. The van der Waals surface area contributed by atoms with Crippen molar-refractivity contribution in [2.75, 3.05) is 64.8 Å². The van der Waals surface area contributed by atoms with Gasteiger partial charge in [-0.05, 0) is 18.2 Å². The van der Waals surface area contributed by atoms with Crippen molar-refractivity contribution in [3.63, 3.8) is 0 Å². The standard InChI is InChI=1S/C19H28N6O.HI/c1-20-19(23-10-11-25-12-14-26-15-13-25)22-9-8-21-18-7-6-16-4-2-3-5-17(16)24-18;/h2-7H,8-15H2,1H3,(H,21,24)(H2,20,22,23);1H. The Bertz CT molecular complexity index is 720. The maximum Gasteiger partial charge on any atom is 0.191 e. The van der Waals surface area contributed by atoms with Gasteiger partial charge in [-0.1, -0.05) is 18.2 Å². The van der Waals surface area contributed by atoms with Gasteiger partial charge >= 0.3 is 0 Å². The zero-order valence-electron chi connectivity index (χ0n) is 15.8. The molecule has 1 aromatic carbocycles. The summed E-state index contributed by atoms with van der Waals surface area (Å²) >= 11 is 0. The van der Waals surface area contributed by atoms with Gasteiger partial charge in [-0.15, -0.1) is 24.0 Å². The topological polar surface area (TPSA) is 73.8 Å². The monoisotopic (exact) mass is 484 g/mol. The number of anilines is 1. The van der Waals surface area contributed by atoms with E-state index in [4.69, 9.17) is 4.74 Å². The second kappa shape index (κ2) is 11.9. The molecule has 0 saturated carbocycles. The van der Waals surface area contributed by atoms with Crippen LogP contribution < -0.4 is 16.0 Å². The number of nitrogens with zero attached hydrogens (tertiary/aromatic N) is 3. The second-order valence-electron chi connectivity index (χ2n) is 6.20. The highest BCUT2D eigenvalue weighted by Crippen LogP contribution is 2.13. The van der Waals surface area contributed by atoms with Crippen LogP contribution in [0.25, 0.3) is 10.9 Å². The van der Waals surface area contributed by atoms with Gasteiger partial charge in [0.2, 0.25) is 0 Å². The van der Waals surface area contributed by atoms with Crippen LogP contribution in [0.4, 0.5) is 5.82 Å². The third-order valence-corrected chi connectivity index (χ3v) is 4.37. The van der Waals surface area contributed by atoms with Gasteiger partial charge in [0.15, 0.2) is 5.96 Å². The van der Waals surface area contributed by atoms with E-state index >= 15 is 0 Å². The van der Waals surface area contributed by atoms with Crippen molar-refractivity contribution in [1.29, 1.82) is 0 Å². The number of hydrogen-bond donors (Lipinski definition) is 3. The normalized spacial score (nSPS) is 15.2. The van der Waals surface area contributed by atoms with Crippen LogP contribution in [0.1, 0.15) is 0 Å². The second-order valence-corrected chi connectivity index (χ2v) is 6.20. The zero-order chi connectivity index (χ0) is 18.0. The van der Waals surface area contributed by atoms with E-state index in [-0.39, 0.29) is 24.0 Å². The van der Waals surface area contributed by atoms with Crippen LogP contribution >= 0.6 is 24.0 Å². The fourth-order valence-corrected chi connectivity index (χ4v) is 2.91. The van der Waals surface area contributed by atoms with E-state index in [1.54, 1.807) is 7.05 Å². The van der Waals surface area contributed by atoms with Crippen LogP contribution in [-0.2, 0) is 4.74 Å². The summed E-state index contributed by atoms with van der Waals surface area (Å²) in [6, 6.07) is 12.2. The number of ether oxygens (including phenoxy) is 1. The largest absolute Gasteiger partial charge is 0.379 e. The summed E-state index contributed by atoms with van der Waals surface area (Å²) in [7, 11) is 1.79. The lowest BCUT2D eigenvalue weighted by Crippen LogP contribution is -2.45. The molecule has 1 fully saturated rings. The number of aliphatic imine (C=N–C) groups is 1. The lowest BCUT2D eigenvalue weighted by atomic mass is 10.2. The quantitative estimate of drug-likeness (QED) is 0.241. The maximum atomic E-state index is 5.36. The van der Waals surface area contributed by atoms with Crippen molar-refractivity contribution < 1.29 is 4.74 Å². The first-order valence-corrected chi connectivity index (χ1v) is 9.19. The Morgan fingerprint density at radius 1 is 1.07 bits per heavy atom. The van der Waals surface area contributed by atoms with Crippen LogP contribution in [0.5, 0.6) is 0 Å². The highest BCUT2D eigenvalue weighted by atomic mass is 127. The van der Waals surface area contributed by atoms with E-state index in [1.807, 2.05) is 24.3 Å². The number of nitrogens with one attached hydrogen (secondary N) is 3. The van der Waals surface area contributed by atoms with E-state index in [2.05, 4.69) is 43.0 Å². The molecule has 3 N–H and O–H groups in total. The van der Waals surface area contributed by atoms with Gasteiger partial charge in [-0.25, -0.2) is 4.98 Å². The number of pyridine rings is 1. The molecule has 0 spiro atoms. The predicted octanol–water partition coefficient (Wildman–Crippen LogP) is 1.76. The number of aromatic nitrogens is 1. The first-order valence-electron chi connectivity index (χ1n) is 9.19. The molecule has 2 aromatic rings. The van der Waals surface area contributed by atoms with Crippen LogP contribution in [-0.4, -0.2) is 75.4 Å². The molecule has 148 valence electrons. The van der Waals surface area contributed by atoms with Crippen molar-refractivity contribution in [2.24, 2.45) is 4.99 Å². The summed E-state index contributed by atoms with van der Waals surface area (Å²) < 4.78 is 5.36. The van der Waals surface area contributed by atoms with Gasteiger partial charge in [0.05, 0.1) is 18.7 Å². The van der Waals surface area contributed by atoms with Gasteiger partial charge in [-0.2, -0.15) is 0 Å². The number of fused-ring (bicyclic) bond motifs is 1. The van der Waals surface area contributed by atoms with Crippen LogP contribution in [0, 0.1) is 0 Å². The molecular weight excluding hydrogens is 455 g/mol. The molecule has 0 bridgehead atoms. The average molecular weight is 484 g/mol. The first kappa shape index (κ1) is 21.6. The molecular formula is C19H29IN6O. The molecule has 0 amide bonds. The number of morpholine rings is 1. The van der Waals surface area contributed by atoms with E-state index in [9.17, 15) is 0 Å². The number of halogens is 1. The molecule has 1 aliphatic heterocycles. The lowest BCUT2D eigenvalue weighted by molar-refractivity contribution is 0.0389. The van der Waals surface area contributed by atoms with E-state index in [0.29, 0.717) is 0 Å². The fourth-order valence-electron chi connectivity index (χ4n) is 2.91. The van der Waals surface area contributed by atoms with E-state index in [0.717, 1.165) is 75.2 Å². The summed E-state index contributed by atoms with van der Waals surface area (Å²) in [4.78, 5) is 11.3. The SMILES string of the molecule is CN=C(NCCNc1ccc2ccccc2n1)NCCN1CCOCC1.I. The summed E-state index contributed by atoms with van der Waals surface area (Å²) in [5, 5.41) is 11.2. The molecule has 8 heteroatoms. The summed E-state index contributed by atoms with van der Waals surface area (Å²) in [6.07, 6.45) is 0. The van der Waals surface area contributed by atoms with Crippen molar-refractivity contribution in [3.05, 3.63) is 36.4 Å². The smallest absolute Gasteiger partial charge is 0.191 e. The van der Waals surface area contributed by atoms with Crippen molar-refractivity contribution >= 4 is 46.7 Å². The number of para-hydroxylation sites is 1. The summed E-state index contributed by atoms with van der Waals surface area (Å²) in [5.41, 5.74) is 1.01. The Balaban J connectivity index is 0.00000261. The Morgan fingerprint density at radius 2 is 1.85 bits per heavy atom. The van der Waals surface area contributed by atoms with Crippen molar-refractivity contribution in [3.8, 4) is 0 Å². The van der Waals surface area contributed by atoms with Crippen LogP contribution in [0.15, 0.2) is 41.4 Å². The van der Waals surface area contributed by atoms with Crippen LogP contribution in [0.3, 0.4) is 0 Å². The van der Waals surface area contributed by atoms with E-state index < -0.39 is 0 Å². The zero-order valence-corrected chi connectivity index (χ0v) is 18.1. The molecule has 0 radical (unpaired) electrons. The maximum absolute atomic E-state index is 5.36. The number of rotatable bonds is 7. The van der Waals surface area contributed by atoms with Gasteiger partial charge in [0, 0.05) is 51.7 Å². The molecule has 0 aliphatic carbocycles. The van der Waals surface area contributed by atoms with E-state index in [1.165, 1.54) is 0 Å². The predicted molar refractivity (Wildman–Crippen MR) is 122 cm³/mol. The van der Waals surface area contributed by atoms with Gasteiger partial charge < -0.3 is 20.7 Å². The minimum atomic E-state index is 0. The molecule has 2 heterocycles. The van der Waals surface area contributed by atoms with Gasteiger partial charge in [0.1, 0.15) is 5.82 Å². The molecule has 0 unspecified atom stereocenters. The molecule has 1 aliphatic rings. The molecule has 27 heavy (non-hydrogen) atoms. The fraction of sp³-hybridized carbons (Fsp3) is 0.474. The van der Waals surface area contributed by atoms with Gasteiger partial charge in [0.25, 0.3) is 0 Å². The molecule has 1 aromatic heterocycles. The number of hydrogen-bond acceptors (Lipinski definition) is 5. The Morgan fingerprint density at radius 3 is 2.67 bits per heavy atom. The Hall–Kier alpha value is -1.65. The van der Waals surface area contributed by atoms with Crippen molar-refractivity contribution in [2.45, 2.75) is 0 Å². The molecule has 3 rings (SSSR count). The number of benzene rings is 1. The Kier molecular flexibility index (Phi) is 9.57. The summed E-state index contributed by atoms with van der Waals surface area (Å²) in [6.45, 7) is 7.11. The highest BCUT2D eigenvalue weighted by Gasteiger charge is 2.09. The third kappa shape index (κ3) is 7.11. The van der Waals surface area contributed by atoms with Crippen molar-refractivity contribution in [1.82, 2.24) is 20.5 Å². The summed E-state index contributed by atoms with van der Waals surface area (Å²) in [5.74, 6) is 1.72. The molecule has 1 saturated heterocycles. The first-order chi connectivity index (χ1) is 12.8. The lowest BCUT2D eigenvalue weighted by Gasteiger charge is -2.26. The van der Waals surface area contributed by atoms with Crippen LogP contribution in [0.2, 0.25) is 0 Å².